The molecule has 30 heavy (non-hydrogen) atoms. The number of carbonyl (C=O) groups excluding carboxylic acids is 1. The standard InChI is InChI=1S/C25H23NO4/c1-28-16-15-26-23-21-9-5-6-10-22(21)30-25(23)24(27)19-11-13-20(14-12-19)29-17-18-7-3-2-4-8-18/h2-14,26H,15-17H2,1H3. The molecule has 0 saturated carbocycles. The Kier molecular flexibility index (Phi) is 6.11. The summed E-state index contributed by atoms with van der Waals surface area (Å²) in [5, 5.41) is 4.15. The molecular weight excluding hydrogens is 378 g/mol. The average molecular weight is 401 g/mol. The molecule has 3 aromatic carbocycles. The van der Waals surface area contributed by atoms with Gasteiger partial charge in [0.15, 0.2) is 5.76 Å². The molecule has 0 atom stereocenters. The summed E-state index contributed by atoms with van der Waals surface area (Å²) in [6.45, 7) is 1.58. The predicted molar refractivity (Wildman–Crippen MR) is 117 cm³/mol. The normalized spacial score (nSPS) is 10.8. The molecule has 0 aliphatic rings. The third-order valence-corrected chi connectivity index (χ3v) is 4.77. The zero-order valence-corrected chi connectivity index (χ0v) is 16.8. The van der Waals surface area contributed by atoms with E-state index < -0.39 is 0 Å². The van der Waals surface area contributed by atoms with E-state index in [2.05, 4.69) is 5.32 Å². The molecule has 0 aliphatic carbocycles. The summed E-state index contributed by atoms with van der Waals surface area (Å²) >= 11 is 0. The maximum absolute atomic E-state index is 13.2. The Labute approximate surface area is 175 Å². The molecule has 4 rings (SSSR count). The Hall–Kier alpha value is -3.57. The molecule has 0 saturated heterocycles. The van der Waals surface area contributed by atoms with Crippen LogP contribution < -0.4 is 10.1 Å². The summed E-state index contributed by atoms with van der Waals surface area (Å²) in [6, 6.07) is 24.7. The van der Waals surface area contributed by atoms with Crippen molar-refractivity contribution in [2.75, 3.05) is 25.6 Å². The van der Waals surface area contributed by atoms with Crippen LogP contribution in [-0.2, 0) is 11.3 Å². The minimum Gasteiger partial charge on any atom is -0.489 e. The van der Waals surface area contributed by atoms with Gasteiger partial charge in [0, 0.05) is 24.6 Å². The number of methoxy groups -OCH3 is 1. The molecule has 0 aliphatic heterocycles. The zero-order chi connectivity index (χ0) is 20.8. The first-order valence-corrected chi connectivity index (χ1v) is 9.82. The molecule has 0 fully saturated rings. The number of carbonyl (C=O) groups is 1. The Bertz CT molecular complexity index is 1120. The Morgan fingerprint density at radius 1 is 0.933 bits per heavy atom. The molecule has 1 heterocycles. The number of hydrogen-bond acceptors (Lipinski definition) is 5. The fourth-order valence-electron chi connectivity index (χ4n) is 3.23. The molecule has 0 amide bonds. The van der Waals surface area contributed by atoms with Crippen LogP contribution in [0.5, 0.6) is 5.75 Å². The van der Waals surface area contributed by atoms with Crippen LogP contribution in [-0.4, -0.2) is 26.0 Å². The predicted octanol–water partition coefficient (Wildman–Crippen LogP) is 5.30. The van der Waals surface area contributed by atoms with Gasteiger partial charge in [0.05, 0.1) is 12.3 Å². The first kappa shape index (κ1) is 19.7. The van der Waals surface area contributed by atoms with E-state index in [0.717, 1.165) is 10.9 Å². The van der Waals surface area contributed by atoms with Crippen molar-refractivity contribution >= 4 is 22.4 Å². The van der Waals surface area contributed by atoms with Gasteiger partial charge >= 0.3 is 0 Å². The maximum atomic E-state index is 13.2. The van der Waals surface area contributed by atoms with Gasteiger partial charge in [-0.1, -0.05) is 42.5 Å². The lowest BCUT2D eigenvalue weighted by Gasteiger charge is -2.08. The Morgan fingerprint density at radius 2 is 1.67 bits per heavy atom. The van der Waals surface area contributed by atoms with Crippen molar-refractivity contribution in [3.63, 3.8) is 0 Å². The number of nitrogens with one attached hydrogen (secondary N) is 1. The largest absolute Gasteiger partial charge is 0.489 e. The van der Waals surface area contributed by atoms with Crippen LogP contribution in [0, 0.1) is 0 Å². The van der Waals surface area contributed by atoms with Gasteiger partial charge in [0.2, 0.25) is 5.78 Å². The van der Waals surface area contributed by atoms with Gasteiger partial charge in [0.1, 0.15) is 17.9 Å². The summed E-state index contributed by atoms with van der Waals surface area (Å²) in [7, 11) is 1.64. The first-order chi connectivity index (χ1) is 14.8. The van der Waals surface area contributed by atoms with Gasteiger partial charge in [-0.15, -0.1) is 0 Å². The summed E-state index contributed by atoms with van der Waals surface area (Å²) in [5.41, 5.74) is 2.99. The molecule has 152 valence electrons. The molecule has 0 radical (unpaired) electrons. The van der Waals surface area contributed by atoms with Crippen LogP contribution >= 0.6 is 0 Å². The van der Waals surface area contributed by atoms with Gasteiger partial charge in [-0.05, 0) is 42.0 Å². The molecule has 1 aromatic heterocycles. The second-order valence-corrected chi connectivity index (χ2v) is 6.85. The Balaban J connectivity index is 1.53. The molecule has 0 unspecified atom stereocenters. The van der Waals surface area contributed by atoms with Gasteiger partial charge < -0.3 is 19.2 Å². The number of furan rings is 1. The lowest BCUT2D eigenvalue weighted by Crippen LogP contribution is -2.10. The number of rotatable bonds is 9. The topological polar surface area (TPSA) is 60.7 Å². The monoisotopic (exact) mass is 401 g/mol. The van der Waals surface area contributed by atoms with E-state index in [1.54, 1.807) is 31.4 Å². The molecule has 5 heteroatoms. The van der Waals surface area contributed by atoms with E-state index in [0.29, 0.717) is 48.1 Å². The number of benzene rings is 3. The number of anilines is 1. The molecule has 0 bridgehead atoms. The minimum atomic E-state index is -0.180. The van der Waals surface area contributed by atoms with E-state index in [1.807, 2.05) is 54.6 Å². The maximum Gasteiger partial charge on any atom is 0.230 e. The highest BCUT2D eigenvalue weighted by Crippen LogP contribution is 2.32. The number of ether oxygens (including phenoxy) is 2. The fraction of sp³-hybridized carbons (Fsp3) is 0.160. The second-order valence-electron chi connectivity index (χ2n) is 6.85. The highest BCUT2D eigenvalue weighted by molar-refractivity contribution is 6.14. The fourth-order valence-corrected chi connectivity index (χ4v) is 3.23. The zero-order valence-electron chi connectivity index (χ0n) is 16.8. The quantitative estimate of drug-likeness (QED) is 0.305. The van der Waals surface area contributed by atoms with Crippen LogP contribution in [0.3, 0.4) is 0 Å². The van der Waals surface area contributed by atoms with Gasteiger partial charge in [0.25, 0.3) is 0 Å². The van der Waals surface area contributed by atoms with Crippen LogP contribution in [0.25, 0.3) is 11.0 Å². The number of para-hydroxylation sites is 1. The molecule has 5 nitrogen and oxygen atoms in total. The van der Waals surface area contributed by atoms with Crippen molar-refractivity contribution in [2.45, 2.75) is 6.61 Å². The summed E-state index contributed by atoms with van der Waals surface area (Å²) in [5.74, 6) is 0.824. The number of hydrogen-bond donors (Lipinski definition) is 1. The lowest BCUT2D eigenvalue weighted by molar-refractivity contribution is 0.101. The van der Waals surface area contributed by atoms with Crippen molar-refractivity contribution in [2.24, 2.45) is 0 Å². The second kappa shape index (κ2) is 9.29. The van der Waals surface area contributed by atoms with Crippen molar-refractivity contribution in [1.29, 1.82) is 0 Å². The van der Waals surface area contributed by atoms with E-state index in [4.69, 9.17) is 13.9 Å². The van der Waals surface area contributed by atoms with Crippen molar-refractivity contribution in [3.8, 4) is 5.75 Å². The summed E-state index contributed by atoms with van der Waals surface area (Å²) < 4.78 is 16.8. The van der Waals surface area contributed by atoms with Crippen LogP contribution in [0.15, 0.2) is 83.3 Å². The minimum absolute atomic E-state index is 0.180. The van der Waals surface area contributed by atoms with Gasteiger partial charge in [-0.2, -0.15) is 0 Å². The first-order valence-electron chi connectivity index (χ1n) is 9.82. The van der Waals surface area contributed by atoms with Crippen LogP contribution in [0.1, 0.15) is 21.7 Å². The van der Waals surface area contributed by atoms with Crippen LogP contribution in [0.2, 0.25) is 0 Å². The molecule has 4 aromatic rings. The Morgan fingerprint density at radius 3 is 2.43 bits per heavy atom. The number of ketones is 1. The highest BCUT2D eigenvalue weighted by atomic mass is 16.5. The lowest BCUT2D eigenvalue weighted by atomic mass is 10.1. The van der Waals surface area contributed by atoms with Crippen molar-refractivity contribution < 1.29 is 18.7 Å². The van der Waals surface area contributed by atoms with Gasteiger partial charge in [-0.25, -0.2) is 0 Å². The smallest absolute Gasteiger partial charge is 0.230 e. The molecular formula is C25H23NO4. The summed E-state index contributed by atoms with van der Waals surface area (Å²) in [4.78, 5) is 13.2. The summed E-state index contributed by atoms with van der Waals surface area (Å²) in [6.07, 6.45) is 0. The number of fused-ring (bicyclic) bond motifs is 1. The van der Waals surface area contributed by atoms with Gasteiger partial charge in [-0.3, -0.25) is 4.79 Å². The molecule has 1 N–H and O–H groups in total. The molecule has 0 spiro atoms. The van der Waals surface area contributed by atoms with Crippen molar-refractivity contribution in [3.05, 3.63) is 95.7 Å². The van der Waals surface area contributed by atoms with Crippen molar-refractivity contribution in [1.82, 2.24) is 0 Å². The highest BCUT2D eigenvalue weighted by Gasteiger charge is 2.21. The third-order valence-electron chi connectivity index (χ3n) is 4.77. The van der Waals surface area contributed by atoms with E-state index >= 15 is 0 Å². The van der Waals surface area contributed by atoms with E-state index in [9.17, 15) is 4.79 Å². The SMILES string of the molecule is COCCNc1c(C(=O)c2ccc(OCc3ccccc3)cc2)oc2ccccc12. The van der Waals surface area contributed by atoms with E-state index in [1.165, 1.54) is 0 Å². The third kappa shape index (κ3) is 4.36. The van der Waals surface area contributed by atoms with E-state index in [-0.39, 0.29) is 5.78 Å². The van der Waals surface area contributed by atoms with Crippen LogP contribution in [0.4, 0.5) is 5.69 Å². The average Bonchev–Trinajstić information content (AvgIpc) is 3.17.